The van der Waals surface area contributed by atoms with E-state index in [0.717, 1.165) is 29.9 Å². The van der Waals surface area contributed by atoms with Gasteiger partial charge in [-0.3, -0.25) is 9.59 Å². The van der Waals surface area contributed by atoms with Crippen molar-refractivity contribution in [1.29, 1.82) is 0 Å². The summed E-state index contributed by atoms with van der Waals surface area (Å²) in [5, 5.41) is 19.8. The van der Waals surface area contributed by atoms with E-state index >= 15 is 0 Å². The van der Waals surface area contributed by atoms with Crippen LogP contribution in [0.2, 0.25) is 0 Å². The van der Waals surface area contributed by atoms with Crippen LogP contribution in [-0.2, 0) is 19.6 Å². The third-order valence-electron chi connectivity index (χ3n) is 3.27. The van der Waals surface area contributed by atoms with Crippen LogP contribution in [0.4, 0.5) is 0 Å². The minimum atomic E-state index is -3.34. The zero-order chi connectivity index (χ0) is 19.3. The Morgan fingerprint density at radius 2 is 1.52 bits per heavy atom. The summed E-state index contributed by atoms with van der Waals surface area (Å²) in [6.45, 7) is 9.19. The van der Waals surface area contributed by atoms with Gasteiger partial charge >= 0.3 is 11.9 Å². The number of aliphatic carboxylic acids is 2. The molecule has 0 spiro atoms. The largest absolute Gasteiger partial charge is 0.480 e. The molecule has 3 N–H and O–H groups in total. The molecule has 2 heterocycles. The average Bonchev–Trinajstić information content (AvgIpc) is 3.23. The summed E-state index contributed by atoms with van der Waals surface area (Å²) in [4.78, 5) is 20.7. The van der Waals surface area contributed by atoms with Crippen molar-refractivity contribution in [3.63, 3.8) is 0 Å². The fraction of sp³-hybridized carbons (Fsp3) is 0.875. The van der Waals surface area contributed by atoms with Crippen molar-refractivity contribution in [2.75, 3.05) is 19.3 Å². The van der Waals surface area contributed by atoms with Gasteiger partial charge in [0.15, 0.2) is 0 Å². The summed E-state index contributed by atoms with van der Waals surface area (Å²) in [6, 6.07) is -1.12. The molecule has 2 aliphatic heterocycles. The SMILES string of the molecule is C.CC.CC.CS(=O)(=O)N1CCCC1C(=O)O.O=C(O)C1CCCN1. The molecule has 0 aromatic carbocycles. The van der Waals surface area contributed by atoms with Crippen molar-refractivity contribution in [2.45, 2.75) is 72.9 Å². The highest BCUT2D eigenvalue weighted by Crippen LogP contribution is 2.19. The molecule has 0 aromatic heterocycles. The third kappa shape index (κ3) is 11.1. The molecule has 0 radical (unpaired) electrons. The maximum absolute atomic E-state index is 11.0. The van der Waals surface area contributed by atoms with Crippen molar-refractivity contribution in [2.24, 2.45) is 0 Å². The molecule has 2 fully saturated rings. The van der Waals surface area contributed by atoms with Gasteiger partial charge in [-0.05, 0) is 32.2 Å². The Labute approximate surface area is 152 Å². The lowest BCUT2D eigenvalue weighted by atomic mass is 10.2. The van der Waals surface area contributed by atoms with Crippen LogP contribution >= 0.6 is 0 Å². The van der Waals surface area contributed by atoms with Gasteiger partial charge in [0.25, 0.3) is 0 Å². The highest BCUT2D eigenvalue weighted by atomic mass is 32.2. The van der Waals surface area contributed by atoms with Crippen LogP contribution in [0.25, 0.3) is 0 Å². The second kappa shape index (κ2) is 15.1. The molecular weight excluding hydrogens is 348 g/mol. The van der Waals surface area contributed by atoms with Crippen molar-refractivity contribution in [3.05, 3.63) is 0 Å². The molecule has 2 unspecified atom stereocenters. The lowest BCUT2D eigenvalue weighted by molar-refractivity contribution is -0.141. The average molecular weight is 385 g/mol. The van der Waals surface area contributed by atoms with Crippen molar-refractivity contribution >= 4 is 22.0 Å². The van der Waals surface area contributed by atoms with E-state index in [1.165, 1.54) is 0 Å². The van der Waals surface area contributed by atoms with Crippen LogP contribution in [0.3, 0.4) is 0 Å². The predicted molar refractivity (Wildman–Crippen MR) is 100 cm³/mol. The van der Waals surface area contributed by atoms with Crippen LogP contribution in [0.15, 0.2) is 0 Å². The normalized spacial score (nSPS) is 22.0. The van der Waals surface area contributed by atoms with E-state index in [1.54, 1.807) is 0 Å². The van der Waals surface area contributed by atoms with E-state index in [2.05, 4.69) is 5.32 Å². The van der Waals surface area contributed by atoms with Crippen molar-refractivity contribution < 1.29 is 28.2 Å². The van der Waals surface area contributed by atoms with Gasteiger partial charge in [-0.25, -0.2) is 8.42 Å². The number of rotatable bonds is 3. The summed E-state index contributed by atoms with van der Waals surface area (Å²) >= 11 is 0. The second-order valence-corrected chi connectivity index (χ2v) is 6.79. The molecule has 0 aliphatic carbocycles. The van der Waals surface area contributed by atoms with Gasteiger partial charge in [0.2, 0.25) is 10.0 Å². The third-order valence-corrected chi connectivity index (χ3v) is 4.56. The summed E-state index contributed by atoms with van der Waals surface area (Å²) < 4.78 is 23.1. The monoisotopic (exact) mass is 384 g/mol. The zero-order valence-electron chi connectivity index (χ0n) is 15.3. The van der Waals surface area contributed by atoms with Gasteiger partial charge in [-0.1, -0.05) is 35.1 Å². The molecule has 152 valence electrons. The van der Waals surface area contributed by atoms with Gasteiger partial charge < -0.3 is 15.5 Å². The molecule has 2 aliphatic rings. The quantitative estimate of drug-likeness (QED) is 0.680. The van der Waals surface area contributed by atoms with Crippen LogP contribution in [0.5, 0.6) is 0 Å². The molecule has 0 amide bonds. The number of nitrogens with zero attached hydrogens (tertiary/aromatic N) is 1. The highest BCUT2D eigenvalue weighted by molar-refractivity contribution is 7.88. The summed E-state index contributed by atoms with van der Waals surface area (Å²) in [5.74, 6) is -1.78. The van der Waals surface area contributed by atoms with E-state index in [9.17, 15) is 18.0 Å². The van der Waals surface area contributed by atoms with Gasteiger partial charge in [-0.2, -0.15) is 4.31 Å². The Balaban J connectivity index is -0.000000326. The minimum absolute atomic E-state index is 0. The Kier molecular flexibility index (Phi) is 17.3. The lowest BCUT2D eigenvalue weighted by Crippen LogP contribution is -2.39. The highest BCUT2D eigenvalue weighted by Gasteiger charge is 2.36. The van der Waals surface area contributed by atoms with Gasteiger partial charge in [0.1, 0.15) is 12.1 Å². The second-order valence-electron chi connectivity index (χ2n) is 4.86. The van der Waals surface area contributed by atoms with Crippen LogP contribution < -0.4 is 5.32 Å². The fourth-order valence-electron chi connectivity index (χ4n) is 2.28. The molecule has 2 rings (SSSR count). The first kappa shape index (κ1) is 28.6. The Bertz CT molecular complexity index is 461. The van der Waals surface area contributed by atoms with Gasteiger partial charge in [0.05, 0.1) is 6.26 Å². The van der Waals surface area contributed by atoms with E-state index < -0.39 is 28.0 Å². The first-order valence-corrected chi connectivity index (χ1v) is 10.2. The maximum atomic E-state index is 11.0. The number of nitrogens with one attached hydrogen (secondary N) is 1. The number of carboxylic acids is 2. The Morgan fingerprint density at radius 1 is 1.00 bits per heavy atom. The smallest absolute Gasteiger partial charge is 0.322 e. The van der Waals surface area contributed by atoms with Crippen LogP contribution in [0, 0.1) is 0 Å². The van der Waals surface area contributed by atoms with E-state index in [-0.39, 0.29) is 13.5 Å². The number of hydrogen-bond acceptors (Lipinski definition) is 5. The standard InChI is InChI=1S/C6H11NO4S.C5H9NO2.2C2H6.CH4/c1-12(10,11)7-4-2-3-5(7)6(8)9;7-5(8)4-2-1-3-6-4;2*1-2;/h5H,2-4H2,1H3,(H,8,9);4,6H,1-3H2,(H,7,8);2*1-2H3;1H4. The number of carbonyl (C=O) groups is 2. The molecular formula is C16H36N2O6S. The summed E-state index contributed by atoms with van der Waals surface area (Å²) in [6.07, 6.45) is 3.87. The van der Waals surface area contributed by atoms with Crippen molar-refractivity contribution in [3.8, 4) is 0 Å². The molecule has 25 heavy (non-hydrogen) atoms. The topological polar surface area (TPSA) is 124 Å². The van der Waals surface area contributed by atoms with E-state index in [4.69, 9.17) is 10.2 Å². The van der Waals surface area contributed by atoms with Gasteiger partial charge in [0, 0.05) is 6.54 Å². The number of hydrogen-bond donors (Lipinski definition) is 3. The number of carboxylic acid groups (broad SMARTS) is 2. The predicted octanol–water partition coefficient (Wildman–Crippen LogP) is 2.01. The molecule has 8 nitrogen and oxygen atoms in total. The number of sulfonamides is 1. The molecule has 0 saturated carbocycles. The minimum Gasteiger partial charge on any atom is -0.480 e. The van der Waals surface area contributed by atoms with Crippen LogP contribution in [0.1, 0.15) is 60.8 Å². The van der Waals surface area contributed by atoms with Crippen molar-refractivity contribution in [1.82, 2.24) is 9.62 Å². The van der Waals surface area contributed by atoms with E-state index in [1.807, 2.05) is 27.7 Å². The zero-order valence-corrected chi connectivity index (χ0v) is 16.1. The fourth-order valence-corrected chi connectivity index (χ4v) is 3.40. The van der Waals surface area contributed by atoms with E-state index in [0.29, 0.717) is 19.4 Å². The Hall–Kier alpha value is -1.19. The molecule has 2 atom stereocenters. The van der Waals surface area contributed by atoms with Gasteiger partial charge in [-0.15, -0.1) is 0 Å². The molecule has 9 heteroatoms. The first-order chi connectivity index (χ1) is 11.2. The molecule has 0 bridgehead atoms. The maximum Gasteiger partial charge on any atom is 0.322 e. The summed E-state index contributed by atoms with van der Waals surface area (Å²) in [5.41, 5.74) is 0. The molecule has 2 saturated heterocycles. The van der Waals surface area contributed by atoms with Crippen LogP contribution in [-0.4, -0.2) is 66.3 Å². The molecule has 0 aromatic rings. The summed E-state index contributed by atoms with van der Waals surface area (Å²) in [7, 11) is -3.34. The Morgan fingerprint density at radius 3 is 1.76 bits per heavy atom. The lowest BCUT2D eigenvalue weighted by Gasteiger charge is -2.17. The first-order valence-electron chi connectivity index (χ1n) is 8.39.